The Morgan fingerprint density at radius 2 is 2.17 bits per heavy atom. The van der Waals surface area contributed by atoms with E-state index in [2.05, 4.69) is 29.2 Å². The summed E-state index contributed by atoms with van der Waals surface area (Å²) in [6.45, 7) is 7.40. The Balaban J connectivity index is 0.00000208. The van der Waals surface area contributed by atoms with Crippen molar-refractivity contribution in [3.05, 3.63) is 18.0 Å². The minimum atomic E-state index is 0. The van der Waals surface area contributed by atoms with Crippen molar-refractivity contribution in [3.63, 3.8) is 0 Å². The quantitative estimate of drug-likeness (QED) is 0.902. The second-order valence-electron chi connectivity index (χ2n) is 7.46. The second kappa shape index (κ2) is 8.86. The first-order chi connectivity index (χ1) is 11.1. The van der Waals surface area contributed by atoms with Gasteiger partial charge in [-0.1, -0.05) is 13.8 Å². The number of likely N-dealkylation sites (tertiary alicyclic amines) is 1. The standard InChI is InChI=1S/C18H30N4O.ClH/c1-14(2)12-15-6-3-4-10-21(15)18(23)17-8-11-22(20-17)16-7-5-9-19-13-16;/h8,11,14-16,19H,3-7,9-10,12-13H2,1-2H3;1H. The number of aromatic nitrogens is 2. The summed E-state index contributed by atoms with van der Waals surface area (Å²) in [5.41, 5.74) is 0.617. The number of nitrogens with zero attached hydrogens (tertiary/aromatic N) is 3. The molecule has 2 aliphatic heterocycles. The van der Waals surface area contributed by atoms with Crippen LogP contribution in [0.3, 0.4) is 0 Å². The number of halogens is 1. The normalized spacial score (nSPS) is 24.7. The van der Waals surface area contributed by atoms with Gasteiger partial charge >= 0.3 is 0 Å². The van der Waals surface area contributed by atoms with Crippen molar-refractivity contribution in [2.24, 2.45) is 5.92 Å². The van der Waals surface area contributed by atoms with Crippen LogP contribution in [0.5, 0.6) is 0 Å². The van der Waals surface area contributed by atoms with E-state index in [-0.39, 0.29) is 18.3 Å². The third-order valence-electron chi connectivity index (χ3n) is 5.10. The molecule has 0 radical (unpaired) electrons. The molecule has 1 aromatic rings. The van der Waals surface area contributed by atoms with E-state index in [9.17, 15) is 4.79 Å². The highest BCUT2D eigenvalue weighted by molar-refractivity contribution is 5.92. The Kier molecular flexibility index (Phi) is 7.11. The molecular formula is C18H31ClN4O. The van der Waals surface area contributed by atoms with Crippen LogP contribution < -0.4 is 5.32 Å². The van der Waals surface area contributed by atoms with Crippen molar-refractivity contribution in [3.8, 4) is 0 Å². The van der Waals surface area contributed by atoms with Crippen LogP contribution in [-0.4, -0.2) is 46.3 Å². The number of rotatable bonds is 4. The number of hydrogen-bond donors (Lipinski definition) is 1. The SMILES string of the molecule is CC(C)CC1CCCCN1C(=O)c1ccn(C2CCCNC2)n1.Cl. The topological polar surface area (TPSA) is 50.2 Å². The monoisotopic (exact) mass is 354 g/mol. The molecule has 3 heterocycles. The molecule has 24 heavy (non-hydrogen) atoms. The summed E-state index contributed by atoms with van der Waals surface area (Å²) in [7, 11) is 0. The van der Waals surface area contributed by atoms with E-state index in [0.717, 1.165) is 45.3 Å². The zero-order chi connectivity index (χ0) is 16.2. The lowest BCUT2D eigenvalue weighted by Gasteiger charge is -2.36. The first kappa shape index (κ1) is 19.3. The van der Waals surface area contributed by atoms with Gasteiger partial charge < -0.3 is 10.2 Å². The van der Waals surface area contributed by atoms with Crippen LogP contribution in [-0.2, 0) is 0 Å². The van der Waals surface area contributed by atoms with E-state index in [1.54, 1.807) is 0 Å². The van der Waals surface area contributed by atoms with Crippen molar-refractivity contribution in [2.75, 3.05) is 19.6 Å². The average molecular weight is 355 g/mol. The molecule has 0 aliphatic carbocycles. The van der Waals surface area contributed by atoms with Gasteiger partial charge in [-0.25, -0.2) is 0 Å². The van der Waals surface area contributed by atoms with Crippen molar-refractivity contribution in [2.45, 2.75) is 64.5 Å². The predicted octanol–water partition coefficient (Wildman–Crippen LogP) is 3.27. The molecular weight excluding hydrogens is 324 g/mol. The second-order valence-corrected chi connectivity index (χ2v) is 7.46. The average Bonchev–Trinajstić information content (AvgIpc) is 3.05. The van der Waals surface area contributed by atoms with E-state index < -0.39 is 0 Å². The Morgan fingerprint density at radius 1 is 1.33 bits per heavy atom. The van der Waals surface area contributed by atoms with Gasteiger partial charge in [-0.15, -0.1) is 12.4 Å². The van der Waals surface area contributed by atoms with Crippen LogP contribution >= 0.6 is 12.4 Å². The molecule has 5 nitrogen and oxygen atoms in total. The van der Waals surface area contributed by atoms with Crippen molar-refractivity contribution < 1.29 is 4.79 Å². The lowest BCUT2D eigenvalue weighted by atomic mass is 9.94. The van der Waals surface area contributed by atoms with E-state index in [1.165, 1.54) is 12.8 Å². The summed E-state index contributed by atoms with van der Waals surface area (Å²) >= 11 is 0. The highest BCUT2D eigenvalue weighted by Gasteiger charge is 2.29. The largest absolute Gasteiger partial charge is 0.334 e. The van der Waals surface area contributed by atoms with Crippen LogP contribution in [0.4, 0.5) is 0 Å². The third kappa shape index (κ3) is 4.51. The van der Waals surface area contributed by atoms with E-state index in [0.29, 0.717) is 23.7 Å². The first-order valence-corrected chi connectivity index (χ1v) is 9.22. The molecule has 2 aliphatic rings. The number of amides is 1. The fraction of sp³-hybridized carbons (Fsp3) is 0.778. The van der Waals surface area contributed by atoms with Gasteiger partial charge in [0, 0.05) is 25.3 Å². The molecule has 0 spiro atoms. The van der Waals surface area contributed by atoms with Crippen LogP contribution in [0.2, 0.25) is 0 Å². The highest BCUT2D eigenvalue weighted by atomic mass is 35.5. The molecule has 136 valence electrons. The molecule has 0 saturated carbocycles. The maximum Gasteiger partial charge on any atom is 0.274 e. The van der Waals surface area contributed by atoms with Crippen molar-refractivity contribution >= 4 is 18.3 Å². The minimum absolute atomic E-state index is 0. The minimum Gasteiger partial charge on any atom is -0.334 e. The Bertz CT molecular complexity index is 525. The van der Waals surface area contributed by atoms with Gasteiger partial charge in [0.25, 0.3) is 5.91 Å². The van der Waals surface area contributed by atoms with Gasteiger partial charge in [-0.3, -0.25) is 9.48 Å². The Morgan fingerprint density at radius 3 is 2.88 bits per heavy atom. The molecule has 6 heteroatoms. The molecule has 2 atom stereocenters. The molecule has 1 aromatic heterocycles. The van der Waals surface area contributed by atoms with E-state index in [4.69, 9.17) is 0 Å². The van der Waals surface area contributed by atoms with Crippen molar-refractivity contribution in [1.29, 1.82) is 0 Å². The van der Waals surface area contributed by atoms with Crippen LogP contribution in [0.15, 0.2) is 12.3 Å². The molecule has 2 saturated heterocycles. The molecule has 2 unspecified atom stereocenters. The van der Waals surface area contributed by atoms with Crippen LogP contribution in [0.25, 0.3) is 0 Å². The summed E-state index contributed by atoms with van der Waals surface area (Å²) in [5, 5.41) is 8.02. The Hall–Kier alpha value is -1.07. The van der Waals surface area contributed by atoms with E-state index >= 15 is 0 Å². The summed E-state index contributed by atoms with van der Waals surface area (Å²) in [6, 6.07) is 2.67. The van der Waals surface area contributed by atoms with Crippen LogP contribution in [0, 0.1) is 5.92 Å². The van der Waals surface area contributed by atoms with Gasteiger partial charge in [0.05, 0.1) is 6.04 Å². The molecule has 0 aromatic carbocycles. The van der Waals surface area contributed by atoms with Crippen molar-refractivity contribution in [1.82, 2.24) is 20.0 Å². The fourth-order valence-corrected chi connectivity index (χ4v) is 3.92. The zero-order valence-corrected chi connectivity index (χ0v) is 15.7. The fourth-order valence-electron chi connectivity index (χ4n) is 3.92. The van der Waals surface area contributed by atoms with Gasteiger partial charge in [0.1, 0.15) is 5.69 Å². The number of carbonyl (C=O) groups is 1. The lowest BCUT2D eigenvalue weighted by Crippen LogP contribution is -2.44. The summed E-state index contributed by atoms with van der Waals surface area (Å²) < 4.78 is 1.99. The highest BCUT2D eigenvalue weighted by Crippen LogP contribution is 2.25. The van der Waals surface area contributed by atoms with Gasteiger partial charge in [-0.05, 0) is 57.1 Å². The number of hydrogen-bond acceptors (Lipinski definition) is 3. The summed E-state index contributed by atoms with van der Waals surface area (Å²) in [4.78, 5) is 15.0. The zero-order valence-electron chi connectivity index (χ0n) is 14.9. The van der Waals surface area contributed by atoms with Crippen LogP contribution in [0.1, 0.15) is 68.9 Å². The predicted molar refractivity (Wildman–Crippen MR) is 98.7 cm³/mol. The molecule has 1 N–H and O–H groups in total. The molecule has 1 amide bonds. The van der Waals surface area contributed by atoms with Gasteiger partial charge in [-0.2, -0.15) is 5.10 Å². The summed E-state index contributed by atoms with van der Waals surface area (Å²) in [6.07, 6.45) is 8.89. The maximum atomic E-state index is 12.9. The van der Waals surface area contributed by atoms with E-state index in [1.807, 2.05) is 16.9 Å². The van der Waals surface area contributed by atoms with Gasteiger partial charge in [0.2, 0.25) is 0 Å². The maximum absolute atomic E-state index is 12.9. The third-order valence-corrected chi connectivity index (χ3v) is 5.10. The number of nitrogens with one attached hydrogen (secondary N) is 1. The molecule has 3 rings (SSSR count). The molecule has 0 bridgehead atoms. The first-order valence-electron chi connectivity index (χ1n) is 9.22. The number of piperidine rings is 2. The smallest absolute Gasteiger partial charge is 0.274 e. The molecule has 2 fully saturated rings. The number of carbonyl (C=O) groups excluding carboxylic acids is 1. The lowest BCUT2D eigenvalue weighted by molar-refractivity contribution is 0.0576. The summed E-state index contributed by atoms with van der Waals surface area (Å²) in [5.74, 6) is 0.747. The Labute approximate surface area is 151 Å². The van der Waals surface area contributed by atoms with Gasteiger partial charge in [0.15, 0.2) is 0 Å².